The normalized spacial score (nSPS) is 37.2. The average molecular weight is 240 g/mol. The Morgan fingerprint density at radius 3 is 2.72 bits per heavy atom. The van der Waals surface area contributed by atoms with Gasteiger partial charge < -0.3 is 0 Å². The quantitative estimate of drug-likeness (QED) is 0.767. The van der Waals surface area contributed by atoms with Gasteiger partial charge in [-0.15, -0.1) is 0 Å². The molecule has 1 aromatic carbocycles. The molecule has 94 valence electrons. The SMILES string of the molecule is O=C1c2ccccc2CC1CC1CC2CCC1C2. The Balaban J connectivity index is 1.50. The number of rotatable bonds is 2. The molecule has 1 aromatic rings. The van der Waals surface area contributed by atoms with Gasteiger partial charge in [-0.25, -0.2) is 0 Å². The van der Waals surface area contributed by atoms with Crippen molar-refractivity contribution in [2.75, 3.05) is 0 Å². The Kier molecular flexibility index (Phi) is 2.36. The predicted octanol–water partition coefficient (Wildman–Crippen LogP) is 3.87. The van der Waals surface area contributed by atoms with E-state index in [2.05, 4.69) is 12.1 Å². The molecule has 0 amide bonds. The van der Waals surface area contributed by atoms with Crippen molar-refractivity contribution in [1.29, 1.82) is 0 Å². The Hall–Kier alpha value is -1.11. The van der Waals surface area contributed by atoms with Gasteiger partial charge in [-0.05, 0) is 55.4 Å². The van der Waals surface area contributed by atoms with E-state index in [9.17, 15) is 4.79 Å². The molecule has 1 nitrogen and oxygen atoms in total. The van der Waals surface area contributed by atoms with Gasteiger partial charge >= 0.3 is 0 Å². The minimum Gasteiger partial charge on any atom is -0.294 e. The summed E-state index contributed by atoms with van der Waals surface area (Å²) >= 11 is 0. The van der Waals surface area contributed by atoms with E-state index in [1.54, 1.807) is 0 Å². The fourth-order valence-electron chi connectivity index (χ4n) is 4.74. The molecule has 2 bridgehead atoms. The van der Waals surface area contributed by atoms with E-state index in [-0.39, 0.29) is 0 Å². The van der Waals surface area contributed by atoms with Crippen LogP contribution in [0.4, 0.5) is 0 Å². The van der Waals surface area contributed by atoms with E-state index in [4.69, 9.17) is 0 Å². The third kappa shape index (κ3) is 1.56. The summed E-state index contributed by atoms with van der Waals surface area (Å²) in [5.41, 5.74) is 2.29. The summed E-state index contributed by atoms with van der Waals surface area (Å²) in [5.74, 6) is 3.53. The van der Waals surface area contributed by atoms with Crippen molar-refractivity contribution in [2.45, 2.75) is 38.5 Å². The smallest absolute Gasteiger partial charge is 0.166 e. The molecule has 2 saturated carbocycles. The van der Waals surface area contributed by atoms with Gasteiger partial charge in [0.15, 0.2) is 5.78 Å². The maximum Gasteiger partial charge on any atom is 0.166 e. The topological polar surface area (TPSA) is 17.1 Å². The van der Waals surface area contributed by atoms with Crippen molar-refractivity contribution in [3.8, 4) is 0 Å². The first-order valence-electron chi connectivity index (χ1n) is 7.43. The number of carbonyl (C=O) groups excluding carboxylic acids is 1. The van der Waals surface area contributed by atoms with Crippen LogP contribution < -0.4 is 0 Å². The van der Waals surface area contributed by atoms with E-state index in [0.717, 1.165) is 36.2 Å². The van der Waals surface area contributed by atoms with Gasteiger partial charge in [0.05, 0.1) is 0 Å². The van der Waals surface area contributed by atoms with Gasteiger partial charge in [0.2, 0.25) is 0 Å². The van der Waals surface area contributed by atoms with E-state index >= 15 is 0 Å². The molecule has 4 unspecified atom stereocenters. The summed E-state index contributed by atoms with van der Waals surface area (Å²) < 4.78 is 0. The first-order valence-corrected chi connectivity index (χ1v) is 7.43. The number of hydrogen-bond acceptors (Lipinski definition) is 1. The highest BCUT2D eigenvalue weighted by Gasteiger charge is 2.42. The Labute approximate surface area is 109 Å². The lowest BCUT2D eigenvalue weighted by Gasteiger charge is -2.23. The summed E-state index contributed by atoms with van der Waals surface area (Å²) in [7, 11) is 0. The first-order chi connectivity index (χ1) is 8.81. The monoisotopic (exact) mass is 240 g/mol. The summed E-state index contributed by atoms with van der Waals surface area (Å²) in [6, 6.07) is 8.20. The van der Waals surface area contributed by atoms with Crippen molar-refractivity contribution in [3.63, 3.8) is 0 Å². The van der Waals surface area contributed by atoms with Crippen molar-refractivity contribution in [3.05, 3.63) is 35.4 Å². The zero-order valence-electron chi connectivity index (χ0n) is 10.8. The molecule has 0 N–H and O–H groups in total. The predicted molar refractivity (Wildman–Crippen MR) is 71.5 cm³/mol. The second-order valence-corrected chi connectivity index (χ2v) is 6.59. The second-order valence-electron chi connectivity index (χ2n) is 6.59. The maximum absolute atomic E-state index is 12.4. The number of Topliss-reactive ketones (excluding diaryl/α,β-unsaturated/α-hetero) is 1. The van der Waals surface area contributed by atoms with E-state index in [1.807, 2.05) is 12.1 Å². The van der Waals surface area contributed by atoms with Gasteiger partial charge in [-0.1, -0.05) is 30.7 Å². The van der Waals surface area contributed by atoms with Crippen LogP contribution in [0, 0.1) is 23.7 Å². The van der Waals surface area contributed by atoms with Crippen LogP contribution in [0.1, 0.15) is 48.0 Å². The van der Waals surface area contributed by atoms with Crippen LogP contribution in [-0.4, -0.2) is 5.78 Å². The van der Waals surface area contributed by atoms with Crippen LogP contribution in [0.2, 0.25) is 0 Å². The third-order valence-electron chi connectivity index (χ3n) is 5.59. The van der Waals surface area contributed by atoms with E-state index in [0.29, 0.717) is 11.7 Å². The molecule has 0 heterocycles. The van der Waals surface area contributed by atoms with Crippen LogP contribution in [0.15, 0.2) is 24.3 Å². The molecule has 0 radical (unpaired) electrons. The molecule has 0 aliphatic heterocycles. The molecule has 0 saturated heterocycles. The molecule has 1 heteroatoms. The van der Waals surface area contributed by atoms with Crippen molar-refractivity contribution >= 4 is 5.78 Å². The fourth-order valence-corrected chi connectivity index (χ4v) is 4.74. The number of benzene rings is 1. The Bertz CT molecular complexity index is 490. The highest BCUT2D eigenvalue weighted by molar-refractivity contribution is 6.02. The number of hydrogen-bond donors (Lipinski definition) is 0. The number of fused-ring (bicyclic) bond motifs is 3. The Morgan fingerprint density at radius 2 is 2.00 bits per heavy atom. The molecule has 0 aromatic heterocycles. The second kappa shape index (κ2) is 3.94. The molecule has 3 aliphatic carbocycles. The van der Waals surface area contributed by atoms with Crippen molar-refractivity contribution in [1.82, 2.24) is 0 Å². The third-order valence-corrected chi connectivity index (χ3v) is 5.59. The summed E-state index contributed by atoms with van der Waals surface area (Å²) in [4.78, 5) is 12.4. The largest absolute Gasteiger partial charge is 0.294 e. The van der Waals surface area contributed by atoms with Crippen LogP contribution in [-0.2, 0) is 6.42 Å². The minimum atomic E-state index is 0.298. The fraction of sp³-hybridized carbons (Fsp3) is 0.588. The number of carbonyl (C=O) groups is 1. The molecular formula is C17H20O. The van der Waals surface area contributed by atoms with Gasteiger partial charge in [-0.3, -0.25) is 4.79 Å². The van der Waals surface area contributed by atoms with Crippen molar-refractivity contribution in [2.24, 2.45) is 23.7 Å². The molecule has 2 fully saturated rings. The standard InChI is InChI=1S/C17H20O/c18-17-15(9-13-3-1-2-4-16(13)17)10-14-8-11-5-6-12(14)7-11/h1-4,11-12,14-15H,5-10H2. The lowest BCUT2D eigenvalue weighted by atomic mass is 9.81. The molecule has 3 aliphatic rings. The summed E-state index contributed by atoms with van der Waals surface area (Å²) in [6.45, 7) is 0. The van der Waals surface area contributed by atoms with Gasteiger partial charge in [0.1, 0.15) is 0 Å². The molecule has 4 rings (SSSR count). The van der Waals surface area contributed by atoms with Gasteiger partial charge in [0, 0.05) is 11.5 Å². The highest BCUT2D eigenvalue weighted by Crippen LogP contribution is 2.51. The van der Waals surface area contributed by atoms with Crippen LogP contribution in [0.25, 0.3) is 0 Å². The molecular weight excluding hydrogens is 220 g/mol. The average Bonchev–Trinajstić information content (AvgIpc) is 3.06. The van der Waals surface area contributed by atoms with E-state index in [1.165, 1.54) is 31.2 Å². The zero-order chi connectivity index (χ0) is 12.1. The first kappa shape index (κ1) is 10.8. The minimum absolute atomic E-state index is 0.298. The summed E-state index contributed by atoms with van der Waals surface area (Å²) in [5, 5.41) is 0. The maximum atomic E-state index is 12.4. The van der Waals surface area contributed by atoms with Gasteiger partial charge in [-0.2, -0.15) is 0 Å². The van der Waals surface area contributed by atoms with Crippen LogP contribution in [0.3, 0.4) is 0 Å². The highest BCUT2D eigenvalue weighted by atomic mass is 16.1. The van der Waals surface area contributed by atoms with Crippen molar-refractivity contribution < 1.29 is 4.79 Å². The van der Waals surface area contributed by atoms with E-state index < -0.39 is 0 Å². The molecule has 18 heavy (non-hydrogen) atoms. The Morgan fingerprint density at radius 1 is 1.11 bits per heavy atom. The number of ketones is 1. The lowest BCUT2D eigenvalue weighted by molar-refractivity contribution is 0.0908. The molecule has 4 atom stereocenters. The van der Waals surface area contributed by atoms with Crippen LogP contribution in [0.5, 0.6) is 0 Å². The lowest BCUT2D eigenvalue weighted by Crippen LogP contribution is -2.18. The summed E-state index contributed by atoms with van der Waals surface area (Å²) in [6.07, 6.45) is 7.92. The van der Waals surface area contributed by atoms with Crippen LogP contribution >= 0.6 is 0 Å². The van der Waals surface area contributed by atoms with Gasteiger partial charge in [0.25, 0.3) is 0 Å². The zero-order valence-corrected chi connectivity index (χ0v) is 10.8. The molecule has 0 spiro atoms.